The van der Waals surface area contributed by atoms with Crippen LogP contribution in [0.3, 0.4) is 0 Å². The Morgan fingerprint density at radius 3 is 2.05 bits per heavy atom. The summed E-state index contributed by atoms with van der Waals surface area (Å²) in [5.74, 6) is 0. The van der Waals surface area contributed by atoms with Gasteiger partial charge in [0.05, 0.1) is 0 Å². The highest BCUT2D eigenvalue weighted by Crippen LogP contribution is 2.21. The van der Waals surface area contributed by atoms with Gasteiger partial charge in [-0.3, -0.25) is 0 Å². The second-order valence-corrected chi connectivity index (χ2v) is 7.84. The van der Waals surface area contributed by atoms with Crippen molar-refractivity contribution in [2.45, 2.75) is 45.8 Å². The standard InChI is InChI=1S/C13H26O4S2Si/c1-5-12(17-13(18)19)10-9-11-20(14-6-2,15-7-3)16-8-4/h5,12H,1,6-11H2,2-4H3,(H,18,19). The Labute approximate surface area is 134 Å². The fourth-order valence-electron chi connectivity index (χ4n) is 1.88. The van der Waals surface area contributed by atoms with Crippen LogP contribution in [0.25, 0.3) is 0 Å². The van der Waals surface area contributed by atoms with Crippen molar-refractivity contribution in [2.75, 3.05) is 19.8 Å². The zero-order valence-electron chi connectivity index (χ0n) is 12.6. The lowest BCUT2D eigenvalue weighted by Crippen LogP contribution is -2.46. The third kappa shape index (κ3) is 8.38. The molecule has 20 heavy (non-hydrogen) atoms. The third-order valence-corrected chi connectivity index (χ3v) is 5.93. The van der Waals surface area contributed by atoms with Crippen LogP contribution in [0.4, 0.5) is 0 Å². The second-order valence-electron chi connectivity index (χ2n) is 4.03. The van der Waals surface area contributed by atoms with Gasteiger partial charge in [-0.1, -0.05) is 25.3 Å². The fourth-order valence-corrected chi connectivity index (χ4v) is 4.77. The molecule has 0 aromatic heterocycles. The first-order valence-corrected chi connectivity index (χ1v) is 9.76. The molecule has 0 radical (unpaired) electrons. The van der Waals surface area contributed by atoms with Crippen molar-refractivity contribution in [1.82, 2.24) is 0 Å². The molecule has 0 aliphatic heterocycles. The van der Waals surface area contributed by atoms with Gasteiger partial charge < -0.3 is 18.0 Å². The Balaban J connectivity index is 4.42. The number of rotatable bonds is 12. The summed E-state index contributed by atoms with van der Waals surface area (Å²) < 4.78 is 23.0. The van der Waals surface area contributed by atoms with Crippen LogP contribution in [0.2, 0.25) is 6.04 Å². The Bertz CT molecular complexity index is 273. The highest BCUT2D eigenvalue weighted by Gasteiger charge is 2.39. The molecular weight excluding hydrogens is 312 g/mol. The molecule has 4 nitrogen and oxygen atoms in total. The monoisotopic (exact) mass is 338 g/mol. The summed E-state index contributed by atoms with van der Waals surface area (Å²) in [6, 6.07) is 0.759. The van der Waals surface area contributed by atoms with Gasteiger partial charge in [-0.2, -0.15) is 0 Å². The highest BCUT2D eigenvalue weighted by molar-refractivity contribution is 8.10. The lowest BCUT2D eigenvalue weighted by Gasteiger charge is -2.28. The zero-order valence-corrected chi connectivity index (χ0v) is 15.3. The molecule has 0 aliphatic rings. The lowest BCUT2D eigenvalue weighted by molar-refractivity contribution is 0.0700. The van der Waals surface area contributed by atoms with E-state index in [1.54, 1.807) is 6.08 Å². The Morgan fingerprint density at radius 1 is 1.20 bits per heavy atom. The maximum Gasteiger partial charge on any atom is 0.500 e. The number of thiocarbonyl (C=S) groups is 1. The first-order chi connectivity index (χ1) is 9.53. The minimum atomic E-state index is -2.56. The van der Waals surface area contributed by atoms with E-state index >= 15 is 0 Å². The summed E-state index contributed by atoms with van der Waals surface area (Å²) in [5, 5.41) is 0. The van der Waals surface area contributed by atoms with Crippen molar-refractivity contribution in [3.8, 4) is 0 Å². The van der Waals surface area contributed by atoms with Gasteiger partial charge in [-0.25, -0.2) is 0 Å². The van der Waals surface area contributed by atoms with Crippen LogP contribution in [0.5, 0.6) is 0 Å². The molecule has 1 unspecified atom stereocenters. The van der Waals surface area contributed by atoms with Crippen LogP contribution in [-0.4, -0.2) is 39.1 Å². The normalized spacial score (nSPS) is 13.0. The molecule has 0 bridgehead atoms. The van der Waals surface area contributed by atoms with E-state index in [9.17, 15) is 0 Å². The third-order valence-electron chi connectivity index (χ3n) is 2.58. The lowest BCUT2D eigenvalue weighted by atomic mass is 10.2. The molecular formula is C13H26O4S2Si. The average molecular weight is 339 g/mol. The molecule has 0 spiro atoms. The molecule has 0 saturated heterocycles. The maximum atomic E-state index is 5.79. The molecule has 0 N–H and O–H groups in total. The summed E-state index contributed by atoms with van der Waals surface area (Å²) in [4.78, 5) is 0. The van der Waals surface area contributed by atoms with Crippen molar-refractivity contribution in [3.05, 3.63) is 12.7 Å². The molecule has 7 heteroatoms. The van der Waals surface area contributed by atoms with Crippen molar-refractivity contribution in [2.24, 2.45) is 0 Å². The fraction of sp³-hybridized carbons (Fsp3) is 0.769. The minimum absolute atomic E-state index is 0.128. The topological polar surface area (TPSA) is 36.9 Å². The molecule has 0 rings (SSSR count). The van der Waals surface area contributed by atoms with Crippen LogP contribution in [0, 0.1) is 0 Å². The second kappa shape index (κ2) is 11.7. The Morgan fingerprint density at radius 2 is 1.70 bits per heavy atom. The van der Waals surface area contributed by atoms with Crippen LogP contribution in [-0.2, 0) is 18.0 Å². The van der Waals surface area contributed by atoms with Gasteiger partial charge in [0.1, 0.15) is 6.10 Å². The van der Waals surface area contributed by atoms with E-state index in [0.29, 0.717) is 19.8 Å². The molecule has 118 valence electrons. The molecule has 0 fully saturated rings. The predicted molar refractivity (Wildman–Crippen MR) is 91.3 cm³/mol. The number of thiol groups is 1. The van der Waals surface area contributed by atoms with E-state index in [1.165, 1.54) is 0 Å². The number of hydrogen-bond donors (Lipinski definition) is 1. The van der Waals surface area contributed by atoms with E-state index in [4.69, 9.17) is 30.2 Å². The maximum absolute atomic E-state index is 5.79. The summed E-state index contributed by atoms with van der Waals surface area (Å²) in [6.07, 6.45) is 3.25. The van der Waals surface area contributed by atoms with E-state index in [2.05, 4.69) is 19.2 Å². The zero-order chi connectivity index (χ0) is 15.4. The van der Waals surface area contributed by atoms with Crippen molar-refractivity contribution >= 4 is 38.0 Å². The Hall–Kier alpha value is 0.0769. The summed E-state index contributed by atoms with van der Waals surface area (Å²) in [6.45, 7) is 11.4. The molecule has 0 heterocycles. The van der Waals surface area contributed by atoms with Gasteiger partial charge >= 0.3 is 8.80 Å². The molecule has 0 aromatic carbocycles. The Kier molecular flexibility index (Phi) is 11.8. The largest absolute Gasteiger partial charge is 0.500 e. The minimum Gasteiger partial charge on any atom is -0.471 e. The van der Waals surface area contributed by atoms with Crippen molar-refractivity contribution in [3.63, 3.8) is 0 Å². The van der Waals surface area contributed by atoms with Gasteiger partial charge in [-0.15, -0.1) is 0 Å². The van der Waals surface area contributed by atoms with Crippen molar-refractivity contribution in [1.29, 1.82) is 0 Å². The van der Waals surface area contributed by atoms with E-state index < -0.39 is 8.80 Å². The van der Waals surface area contributed by atoms with Gasteiger partial charge in [0.2, 0.25) is 4.38 Å². The number of hydrogen-bond acceptors (Lipinski definition) is 5. The highest BCUT2D eigenvalue weighted by atomic mass is 32.1. The van der Waals surface area contributed by atoms with Crippen LogP contribution >= 0.6 is 24.8 Å². The van der Waals surface area contributed by atoms with Gasteiger partial charge in [0.15, 0.2) is 0 Å². The summed E-state index contributed by atoms with van der Waals surface area (Å²) in [5.41, 5.74) is 0. The smallest absolute Gasteiger partial charge is 0.471 e. The molecule has 1 atom stereocenters. The first-order valence-electron chi connectivity index (χ1n) is 6.97. The van der Waals surface area contributed by atoms with Crippen molar-refractivity contribution < 1.29 is 18.0 Å². The molecule has 0 aromatic rings. The van der Waals surface area contributed by atoms with Crippen LogP contribution < -0.4 is 0 Å². The molecule has 0 aliphatic carbocycles. The molecule has 0 saturated carbocycles. The first kappa shape index (κ1) is 20.1. The van der Waals surface area contributed by atoms with E-state index in [-0.39, 0.29) is 10.5 Å². The van der Waals surface area contributed by atoms with Gasteiger partial charge in [0.25, 0.3) is 0 Å². The number of ether oxygens (including phenoxy) is 1. The quantitative estimate of drug-likeness (QED) is 0.255. The van der Waals surface area contributed by atoms with Crippen LogP contribution in [0.15, 0.2) is 12.7 Å². The van der Waals surface area contributed by atoms with Gasteiger partial charge in [0, 0.05) is 25.9 Å². The van der Waals surface area contributed by atoms with E-state index in [1.807, 2.05) is 20.8 Å². The average Bonchev–Trinajstić information content (AvgIpc) is 2.38. The van der Waals surface area contributed by atoms with Gasteiger partial charge in [-0.05, 0) is 45.8 Å². The van der Waals surface area contributed by atoms with E-state index in [0.717, 1.165) is 18.9 Å². The summed E-state index contributed by atoms with van der Waals surface area (Å²) in [7, 11) is -2.56. The predicted octanol–water partition coefficient (Wildman–Crippen LogP) is 3.60. The van der Waals surface area contributed by atoms with Crippen LogP contribution in [0.1, 0.15) is 33.6 Å². The SMILES string of the molecule is C=CC(CCC[Si](OCC)(OCC)OCC)OC(=S)S. The summed E-state index contributed by atoms with van der Waals surface area (Å²) >= 11 is 8.78. The molecule has 0 amide bonds.